The highest BCUT2D eigenvalue weighted by atomic mass is 16.4. The Balaban J connectivity index is 2.03. The summed E-state index contributed by atoms with van der Waals surface area (Å²) in [5, 5.41) is 9.19. The van der Waals surface area contributed by atoms with E-state index in [4.69, 9.17) is 9.52 Å². The fourth-order valence-electron chi connectivity index (χ4n) is 2.03. The SMILES string of the molecule is O=C(O)c1ccc2oc(/C=C/c3ccccn3)cc(=O)c2c1. The van der Waals surface area contributed by atoms with E-state index in [1.807, 2.05) is 18.2 Å². The fourth-order valence-corrected chi connectivity index (χ4v) is 2.03. The number of nitrogens with zero attached hydrogens (tertiary/aromatic N) is 1. The van der Waals surface area contributed by atoms with Gasteiger partial charge in [0.05, 0.1) is 16.6 Å². The molecule has 22 heavy (non-hydrogen) atoms. The quantitative estimate of drug-likeness (QED) is 0.802. The summed E-state index contributed by atoms with van der Waals surface area (Å²) in [4.78, 5) is 27.2. The van der Waals surface area contributed by atoms with E-state index in [-0.39, 0.29) is 16.4 Å². The average molecular weight is 293 g/mol. The van der Waals surface area contributed by atoms with Crippen molar-refractivity contribution < 1.29 is 14.3 Å². The maximum Gasteiger partial charge on any atom is 0.335 e. The molecule has 5 nitrogen and oxygen atoms in total. The minimum absolute atomic E-state index is 0.0524. The monoisotopic (exact) mass is 293 g/mol. The number of hydrogen-bond donors (Lipinski definition) is 1. The first-order chi connectivity index (χ1) is 10.6. The zero-order valence-electron chi connectivity index (χ0n) is 11.4. The van der Waals surface area contributed by atoms with Gasteiger partial charge in [-0.15, -0.1) is 0 Å². The van der Waals surface area contributed by atoms with Crippen molar-refractivity contribution in [2.24, 2.45) is 0 Å². The number of pyridine rings is 1. The van der Waals surface area contributed by atoms with Gasteiger partial charge in [0.1, 0.15) is 11.3 Å². The molecule has 0 saturated heterocycles. The maximum atomic E-state index is 12.1. The van der Waals surface area contributed by atoms with E-state index in [1.165, 1.54) is 24.3 Å². The summed E-state index contributed by atoms with van der Waals surface area (Å²) in [7, 11) is 0. The number of carbonyl (C=O) groups is 1. The largest absolute Gasteiger partial charge is 0.478 e. The number of benzene rings is 1. The molecule has 0 aliphatic carbocycles. The number of carboxylic acid groups (broad SMARTS) is 1. The third-order valence-corrected chi connectivity index (χ3v) is 3.10. The van der Waals surface area contributed by atoms with Gasteiger partial charge in [-0.05, 0) is 42.5 Å². The van der Waals surface area contributed by atoms with Gasteiger partial charge in [0.2, 0.25) is 0 Å². The first-order valence-electron chi connectivity index (χ1n) is 6.54. The molecule has 0 atom stereocenters. The first-order valence-corrected chi connectivity index (χ1v) is 6.54. The van der Waals surface area contributed by atoms with Crippen LogP contribution in [0.3, 0.4) is 0 Å². The molecule has 0 aliphatic rings. The minimum Gasteiger partial charge on any atom is -0.478 e. The Morgan fingerprint density at radius 1 is 1.14 bits per heavy atom. The molecule has 108 valence electrons. The van der Waals surface area contributed by atoms with Crippen molar-refractivity contribution in [2.75, 3.05) is 0 Å². The van der Waals surface area contributed by atoms with Crippen LogP contribution in [0.5, 0.6) is 0 Å². The Bertz CT molecular complexity index is 926. The highest BCUT2D eigenvalue weighted by Crippen LogP contribution is 2.16. The summed E-state index contributed by atoms with van der Waals surface area (Å²) in [5.41, 5.74) is 0.853. The van der Waals surface area contributed by atoms with Gasteiger partial charge in [0.25, 0.3) is 0 Å². The standard InChI is InChI=1S/C17H11NO4/c19-15-10-13(6-5-12-3-1-2-8-18-12)22-16-7-4-11(17(20)21)9-14(15)16/h1-10H,(H,20,21)/b6-5+. The van der Waals surface area contributed by atoms with Crippen LogP contribution in [-0.4, -0.2) is 16.1 Å². The molecular formula is C17H11NO4. The molecule has 2 aromatic heterocycles. The van der Waals surface area contributed by atoms with Gasteiger partial charge in [-0.1, -0.05) is 6.07 Å². The van der Waals surface area contributed by atoms with E-state index in [0.29, 0.717) is 11.3 Å². The molecule has 1 N–H and O–H groups in total. The van der Waals surface area contributed by atoms with Crippen LogP contribution in [0.4, 0.5) is 0 Å². The Kier molecular flexibility index (Phi) is 3.53. The summed E-state index contributed by atoms with van der Waals surface area (Å²) in [6, 6.07) is 11.0. The number of aromatic nitrogens is 1. The van der Waals surface area contributed by atoms with Crippen LogP contribution in [0.25, 0.3) is 23.1 Å². The van der Waals surface area contributed by atoms with Gasteiger partial charge in [0, 0.05) is 12.3 Å². The summed E-state index contributed by atoms with van der Waals surface area (Å²) in [6.45, 7) is 0. The van der Waals surface area contributed by atoms with Crippen LogP contribution in [-0.2, 0) is 0 Å². The number of aromatic carboxylic acids is 1. The number of carboxylic acids is 1. The van der Waals surface area contributed by atoms with Crippen LogP contribution >= 0.6 is 0 Å². The molecule has 0 radical (unpaired) electrons. The predicted molar refractivity (Wildman–Crippen MR) is 82.6 cm³/mol. The molecular weight excluding hydrogens is 282 g/mol. The molecule has 0 amide bonds. The van der Waals surface area contributed by atoms with Gasteiger partial charge in [-0.2, -0.15) is 0 Å². The van der Waals surface area contributed by atoms with Gasteiger partial charge in [0.15, 0.2) is 5.43 Å². The van der Waals surface area contributed by atoms with Gasteiger partial charge < -0.3 is 9.52 Å². The van der Waals surface area contributed by atoms with Crippen LogP contribution in [0.15, 0.2) is 57.9 Å². The van der Waals surface area contributed by atoms with Crippen LogP contribution in [0.2, 0.25) is 0 Å². The molecule has 1 aromatic carbocycles. The lowest BCUT2D eigenvalue weighted by Gasteiger charge is -2.00. The van der Waals surface area contributed by atoms with Crippen molar-refractivity contribution in [3.8, 4) is 0 Å². The van der Waals surface area contributed by atoms with E-state index < -0.39 is 5.97 Å². The highest BCUT2D eigenvalue weighted by Gasteiger charge is 2.08. The van der Waals surface area contributed by atoms with Gasteiger partial charge in [-0.3, -0.25) is 9.78 Å². The van der Waals surface area contributed by atoms with Crippen LogP contribution in [0, 0.1) is 0 Å². The lowest BCUT2D eigenvalue weighted by atomic mass is 10.1. The summed E-state index contributed by atoms with van der Waals surface area (Å²) in [5.74, 6) is -0.702. The summed E-state index contributed by atoms with van der Waals surface area (Å²) >= 11 is 0. The number of hydrogen-bond acceptors (Lipinski definition) is 4. The molecule has 0 spiro atoms. The molecule has 0 unspecified atom stereocenters. The fraction of sp³-hybridized carbons (Fsp3) is 0. The van der Waals surface area contributed by atoms with Crippen LogP contribution in [0.1, 0.15) is 21.8 Å². The summed E-state index contributed by atoms with van der Waals surface area (Å²) < 4.78 is 5.59. The van der Waals surface area contributed by atoms with Crippen molar-refractivity contribution in [1.29, 1.82) is 0 Å². The number of fused-ring (bicyclic) bond motifs is 1. The highest BCUT2D eigenvalue weighted by molar-refractivity contribution is 5.92. The maximum absolute atomic E-state index is 12.1. The van der Waals surface area contributed by atoms with E-state index in [9.17, 15) is 9.59 Å². The Morgan fingerprint density at radius 2 is 2.00 bits per heavy atom. The van der Waals surface area contributed by atoms with Crippen molar-refractivity contribution in [3.63, 3.8) is 0 Å². The van der Waals surface area contributed by atoms with Crippen molar-refractivity contribution in [2.45, 2.75) is 0 Å². The van der Waals surface area contributed by atoms with Gasteiger partial charge in [-0.25, -0.2) is 4.79 Å². The second kappa shape index (κ2) is 5.65. The Morgan fingerprint density at radius 3 is 2.73 bits per heavy atom. The lowest BCUT2D eigenvalue weighted by Crippen LogP contribution is -2.03. The molecule has 2 heterocycles. The van der Waals surface area contributed by atoms with Gasteiger partial charge >= 0.3 is 5.97 Å². The van der Waals surface area contributed by atoms with Crippen molar-refractivity contribution >= 4 is 29.1 Å². The molecule has 0 bridgehead atoms. The normalized spacial score (nSPS) is 11.1. The molecule has 3 aromatic rings. The smallest absolute Gasteiger partial charge is 0.335 e. The van der Waals surface area contributed by atoms with E-state index >= 15 is 0 Å². The van der Waals surface area contributed by atoms with Crippen molar-refractivity contribution in [3.05, 3.63) is 75.9 Å². The molecule has 5 heteroatoms. The average Bonchev–Trinajstić information content (AvgIpc) is 2.53. The van der Waals surface area contributed by atoms with Crippen LogP contribution < -0.4 is 5.43 Å². The van der Waals surface area contributed by atoms with E-state index in [2.05, 4.69) is 4.98 Å². The summed E-state index contributed by atoms with van der Waals surface area (Å²) in [6.07, 6.45) is 5.05. The molecule has 0 saturated carbocycles. The van der Waals surface area contributed by atoms with E-state index in [1.54, 1.807) is 18.3 Å². The third kappa shape index (κ3) is 2.78. The zero-order chi connectivity index (χ0) is 15.5. The minimum atomic E-state index is -1.08. The molecule has 3 rings (SSSR count). The second-order valence-electron chi connectivity index (χ2n) is 4.62. The molecule has 0 fully saturated rings. The van der Waals surface area contributed by atoms with E-state index in [0.717, 1.165) is 5.69 Å². The second-order valence-corrected chi connectivity index (χ2v) is 4.62. The zero-order valence-corrected chi connectivity index (χ0v) is 11.4. The number of rotatable bonds is 3. The Hall–Kier alpha value is -3.21. The molecule has 0 aliphatic heterocycles. The first kappa shape index (κ1) is 13.8. The predicted octanol–water partition coefficient (Wildman–Crippen LogP) is 3.06. The third-order valence-electron chi connectivity index (χ3n) is 3.10. The Labute approximate surface area is 125 Å². The van der Waals surface area contributed by atoms with Crippen molar-refractivity contribution in [1.82, 2.24) is 4.98 Å². The topological polar surface area (TPSA) is 80.4 Å². The lowest BCUT2D eigenvalue weighted by molar-refractivity contribution is 0.0697.